The van der Waals surface area contributed by atoms with Gasteiger partial charge in [-0.15, -0.1) is 6.58 Å². The van der Waals surface area contributed by atoms with E-state index in [2.05, 4.69) is 22.7 Å². The van der Waals surface area contributed by atoms with Gasteiger partial charge >= 0.3 is 0 Å². The number of rotatable bonds is 5. The van der Waals surface area contributed by atoms with Gasteiger partial charge in [0.2, 0.25) is 0 Å². The fourth-order valence-corrected chi connectivity index (χ4v) is 1.50. The molecule has 1 aromatic carbocycles. The van der Waals surface area contributed by atoms with E-state index < -0.39 is 6.10 Å². The van der Waals surface area contributed by atoms with Gasteiger partial charge in [-0.2, -0.15) is 0 Å². The Morgan fingerprint density at radius 1 is 1.45 bits per heavy atom. The monoisotopic (exact) mass is 293 g/mol. The van der Waals surface area contributed by atoms with Crippen LogP contribution in [-0.2, 0) is 4.79 Å². The van der Waals surface area contributed by atoms with E-state index in [0.29, 0.717) is 17.4 Å². The van der Waals surface area contributed by atoms with Crippen LogP contribution >= 0.6 is 12.2 Å². The Morgan fingerprint density at radius 2 is 2.15 bits per heavy atom. The average molecular weight is 293 g/mol. The van der Waals surface area contributed by atoms with Crippen molar-refractivity contribution in [1.29, 1.82) is 0 Å². The minimum atomic E-state index is -0.634. The summed E-state index contributed by atoms with van der Waals surface area (Å²) in [5.74, 6) is 0.374. The highest BCUT2D eigenvalue weighted by molar-refractivity contribution is 7.80. The molecule has 0 bridgehead atoms. The number of hydrazine groups is 1. The molecule has 108 valence electrons. The highest BCUT2D eigenvalue weighted by Gasteiger charge is 2.15. The van der Waals surface area contributed by atoms with Gasteiger partial charge in [0.1, 0.15) is 5.75 Å². The number of thiocarbonyl (C=S) groups is 1. The molecular formula is C14H19N3O2S. The van der Waals surface area contributed by atoms with E-state index in [-0.39, 0.29) is 5.91 Å². The zero-order valence-electron chi connectivity index (χ0n) is 11.6. The summed E-state index contributed by atoms with van der Waals surface area (Å²) >= 11 is 4.95. The highest BCUT2D eigenvalue weighted by atomic mass is 32.1. The number of para-hydroxylation sites is 1. The van der Waals surface area contributed by atoms with Crippen LogP contribution in [-0.4, -0.2) is 23.7 Å². The van der Waals surface area contributed by atoms with Crippen molar-refractivity contribution in [2.24, 2.45) is 0 Å². The van der Waals surface area contributed by atoms with Crippen LogP contribution in [0.25, 0.3) is 0 Å². The van der Waals surface area contributed by atoms with E-state index in [1.54, 1.807) is 13.0 Å². The van der Waals surface area contributed by atoms with Crippen molar-refractivity contribution >= 4 is 23.2 Å². The number of hydrogen-bond donors (Lipinski definition) is 3. The van der Waals surface area contributed by atoms with Crippen LogP contribution in [0.1, 0.15) is 12.5 Å². The number of benzene rings is 1. The predicted molar refractivity (Wildman–Crippen MR) is 83.3 cm³/mol. The fourth-order valence-electron chi connectivity index (χ4n) is 1.36. The van der Waals surface area contributed by atoms with Crippen LogP contribution in [0.4, 0.5) is 0 Å². The lowest BCUT2D eigenvalue weighted by atomic mass is 10.2. The molecular weight excluding hydrogens is 274 g/mol. The minimum Gasteiger partial charge on any atom is -0.481 e. The summed E-state index contributed by atoms with van der Waals surface area (Å²) in [6, 6.07) is 7.52. The van der Waals surface area contributed by atoms with E-state index in [9.17, 15) is 4.79 Å². The van der Waals surface area contributed by atoms with Crippen molar-refractivity contribution in [1.82, 2.24) is 16.2 Å². The predicted octanol–water partition coefficient (Wildman–Crippen LogP) is 1.44. The smallest absolute Gasteiger partial charge is 0.279 e. The van der Waals surface area contributed by atoms with Gasteiger partial charge in [0.15, 0.2) is 11.2 Å². The fraction of sp³-hybridized carbons (Fsp3) is 0.286. The normalized spacial score (nSPS) is 11.1. The molecule has 0 spiro atoms. The lowest BCUT2D eigenvalue weighted by Crippen LogP contribution is -2.50. The Balaban J connectivity index is 2.41. The van der Waals surface area contributed by atoms with E-state index >= 15 is 0 Å². The first kappa shape index (κ1) is 16.0. The van der Waals surface area contributed by atoms with Gasteiger partial charge in [-0.3, -0.25) is 15.6 Å². The summed E-state index contributed by atoms with van der Waals surface area (Å²) < 4.78 is 5.59. The second kappa shape index (κ2) is 8.16. The Hall–Kier alpha value is -2.08. The van der Waals surface area contributed by atoms with Gasteiger partial charge in [-0.1, -0.05) is 24.3 Å². The summed E-state index contributed by atoms with van der Waals surface area (Å²) in [4.78, 5) is 11.8. The largest absolute Gasteiger partial charge is 0.481 e. The van der Waals surface area contributed by atoms with E-state index in [4.69, 9.17) is 17.0 Å². The summed E-state index contributed by atoms with van der Waals surface area (Å²) in [5.41, 5.74) is 6.05. The molecule has 0 aliphatic carbocycles. The van der Waals surface area contributed by atoms with E-state index in [1.165, 1.54) is 0 Å². The highest BCUT2D eigenvalue weighted by Crippen LogP contribution is 2.17. The molecule has 1 atom stereocenters. The first-order valence-electron chi connectivity index (χ1n) is 6.21. The van der Waals surface area contributed by atoms with Crippen LogP contribution in [0.15, 0.2) is 36.9 Å². The molecule has 1 unspecified atom stereocenters. The Labute approximate surface area is 124 Å². The average Bonchev–Trinajstić information content (AvgIpc) is 2.44. The number of nitrogens with one attached hydrogen (secondary N) is 3. The molecule has 3 N–H and O–H groups in total. The molecule has 6 heteroatoms. The van der Waals surface area contributed by atoms with Gasteiger partial charge in [-0.05, 0) is 37.7 Å². The standard InChI is InChI=1S/C14H19N3O2S/c1-4-9-15-14(20)17-16-13(18)11(3)19-12-8-6-5-7-10(12)2/h4-8,11H,1,9H2,2-3H3,(H,16,18)(H2,15,17,20). The lowest BCUT2D eigenvalue weighted by molar-refractivity contribution is -0.127. The molecule has 0 aliphatic rings. The lowest BCUT2D eigenvalue weighted by Gasteiger charge is -2.17. The van der Waals surface area contributed by atoms with Gasteiger partial charge in [0, 0.05) is 6.54 Å². The van der Waals surface area contributed by atoms with E-state index in [0.717, 1.165) is 5.56 Å². The Bertz CT molecular complexity index is 491. The van der Waals surface area contributed by atoms with Crippen LogP contribution in [0.5, 0.6) is 5.75 Å². The molecule has 0 radical (unpaired) electrons. The van der Waals surface area contributed by atoms with Crippen LogP contribution in [0, 0.1) is 6.92 Å². The number of amides is 1. The second-order valence-corrected chi connectivity index (χ2v) is 4.55. The number of hydrogen-bond acceptors (Lipinski definition) is 3. The first-order chi connectivity index (χ1) is 9.54. The third kappa shape index (κ3) is 5.27. The quantitative estimate of drug-likeness (QED) is 0.436. The third-order valence-electron chi connectivity index (χ3n) is 2.47. The Kier molecular flexibility index (Phi) is 6.52. The van der Waals surface area contributed by atoms with Crippen molar-refractivity contribution in [3.63, 3.8) is 0 Å². The van der Waals surface area contributed by atoms with Crippen molar-refractivity contribution < 1.29 is 9.53 Å². The topological polar surface area (TPSA) is 62.4 Å². The summed E-state index contributed by atoms with van der Waals surface area (Å²) in [6.45, 7) is 7.67. The molecule has 0 fully saturated rings. The number of carbonyl (C=O) groups is 1. The van der Waals surface area contributed by atoms with Gasteiger partial charge in [0.05, 0.1) is 0 Å². The minimum absolute atomic E-state index is 0.309. The maximum Gasteiger partial charge on any atom is 0.279 e. The molecule has 1 amide bonds. The number of ether oxygens (including phenoxy) is 1. The van der Waals surface area contributed by atoms with Gasteiger partial charge in [0.25, 0.3) is 5.91 Å². The molecule has 1 aromatic rings. The van der Waals surface area contributed by atoms with Gasteiger partial charge in [-0.25, -0.2) is 0 Å². The zero-order valence-corrected chi connectivity index (χ0v) is 12.4. The van der Waals surface area contributed by atoms with Crippen molar-refractivity contribution in [3.05, 3.63) is 42.5 Å². The van der Waals surface area contributed by atoms with Gasteiger partial charge < -0.3 is 10.1 Å². The maximum absolute atomic E-state index is 11.8. The SMILES string of the molecule is C=CCNC(=S)NNC(=O)C(C)Oc1ccccc1C. The van der Waals surface area contributed by atoms with Crippen LogP contribution in [0.3, 0.4) is 0 Å². The summed E-state index contributed by atoms with van der Waals surface area (Å²) in [5, 5.41) is 3.15. The zero-order chi connectivity index (χ0) is 15.0. The van der Waals surface area contributed by atoms with Crippen molar-refractivity contribution in [2.75, 3.05) is 6.54 Å². The molecule has 20 heavy (non-hydrogen) atoms. The Morgan fingerprint density at radius 3 is 2.80 bits per heavy atom. The molecule has 0 heterocycles. The molecule has 0 saturated heterocycles. The van der Waals surface area contributed by atoms with E-state index in [1.807, 2.05) is 31.2 Å². The third-order valence-corrected chi connectivity index (χ3v) is 2.72. The molecule has 5 nitrogen and oxygen atoms in total. The second-order valence-electron chi connectivity index (χ2n) is 4.14. The molecule has 0 aliphatic heterocycles. The van der Waals surface area contributed by atoms with Crippen molar-refractivity contribution in [3.8, 4) is 5.75 Å². The summed E-state index contributed by atoms with van der Waals surface area (Å²) in [6.07, 6.45) is 1.03. The first-order valence-corrected chi connectivity index (χ1v) is 6.62. The molecule has 0 aromatic heterocycles. The maximum atomic E-state index is 11.8. The van der Waals surface area contributed by atoms with Crippen molar-refractivity contribution in [2.45, 2.75) is 20.0 Å². The molecule has 0 saturated carbocycles. The molecule has 1 rings (SSSR count). The van der Waals surface area contributed by atoms with Crippen LogP contribution < -0.4 is 20.9 Å². The number of aryl methyl sites for hydroxylation is 1. The summed E-state index contributed by atoms with van der Waals surface area (Å²) in [7, 11) is 0. The van der Waals surface area contributed by atoms with Crippen LogP contribution in [0.2, 0.25) is 0 Å². The number of carbonyl (C=O) groups excluding carboxylic acids is 1.